The number of aryl methyl sites for hydroxylation is 1. The van der Waals surface area contributed by atoms with Gasteiger partial charge in [0.25, 0.3) is 5.56 Å². The van der Waals surface area contributed by atoms with Crippen molar-refractivity contribution in [2.24, 2.45) is 0 Å². The topological polar surface area (TPSA) is 84.1 Å². The van der Waals surface area contributed by atoms with Crippen molar-refractivity contribution in [3.8, 4) is 0 Å². The summed E-state index contributed by atoms with van der Waals surface area (Å²) < 4.78 is 31.6. The molecule has 2 heterocycles. The second-order valence-electron chi connectivity index (χ2n) is 6.01. The second-order valence-corrected chi connectivity index (χ2v) is 7.01. The SMILES string of the molecule is COC(=O)c1sc2nc(CN[C@H](C)c3ccc(F)cc3F)[nH]c(=O)c2c1C. The molecule has 3 aromatic rings. The Balaban J connectivity index is 1.85. The molecule has 142 valence electrons. The number of H-pyrrole nitrogens is 1. The number of nitrogens with one attached hydrogen (secondary N) is 2. The molecule has 2 aromatic heterocycles. The summed E-state index contributed by atoms with van der Waals surface area (Å²) >= 11 is 1.08. The van der Waals surface area contributed by atoms with Crippen LogP contribution in [-0.4, -0.2) is 23.0 Å². The smallest absolute Gasteiger partial charge is 0.348 e. The van der Waals surface area contributed by atoms with Crippen molar-refractivity contribution in [2.45, 2.75) is 26.4 Å². The molecule has 1 aromatic carbocycles. The molecule has 0 fully saturated rings. The molecule has 9 heteroatoms. The number of carbonyl (C=O) groups is 1. The zero-order valence-electron chi connectivity index (χ0n) is 14.9. The Hall–Kier alpha value is -2.65. The van der Waals surface area contributed by atoms with Crippen LogP contribution < -0.4 is 10.9 Å². The average Bonchev–Trinajstić information content (AvgIpc) is 2.96. The van der Waals surface area contributed by atoms with E-state index in [0.29, 0.717) is 32.0 Å². The summed E-state index contributed by atoms with van der Waals surface area (Å²) in [6.45, 7) is 3.55. The molecule has 0 bridgehead atoms. The second kappa shape index (κ2) is 7.53. The van der Waals surface area contributed by atoms with Gasteiger partial charge in [0.1, 0.15) is 27.2 Å². The number of aromatic amines is 1. The van der Waals surface area contributed by atoms with Gasteiger partial charge in [-0.1, -0.05) is 6.07 Å². The maximum Gasteiger partial charge on any atom is 0.348 e. The molecule has 1 atom stereocenters. The van der Waals surface area contributed by atoms with Gasteiger partial charge in [-0.3, -0.25) is 4.79 Å². The number of esters is 1. The summed E-state index contributed by atoms with van der Waals surface area (Å²) in [5, 5.41) is 3.39. The van der Waals surface area contributed by atoms with E-state index < -0.39 is 23.6 Å². The summed E-state index contributed by atoms with van der Waals surface area (Å²) in [6.07, 6.45) is 0. The van der Waals surface area contributed by atoms with Crippen LogP contribution in [0.2, 0.25) is 0 Å². The minimum absolute atomic E-state index is 0.160. The number of fused-ring (bicyclic) bond motifs is 1. The molecule has 0 unspecified atom stereocenters. The quantitative estimate of drug-likeness (QED) is 0.651. The molecule has 0 aliphatic rings. The minimum atomic E-state index is -0.650. The van der Waals surface area contributed by atoms with Gasteiger partial charge in [0.05, 0.1) is 19.0 Å². The first-order valence-corrected chi connectivity index (χ1v) is 8.92. The van der Waals surface area contributed by atoms with Gasteiger partial charge in [-0.05, 0) is 25.5 Å². The van der Waals surface area contributed by atoms with Crippen molar-refractivity contribution in [3.63, 3.8) is 0 Å². The molecule has 2 N–H and O–H groups in total. The van der Waals surface area contributed by atoms with Crippen LogP contribution in [0.1, 0.15) is 39.6 Å². The van der Waals surface area contributed by atoms with Gasteiger partial charge in [0.15, 0.2) is 0 Å². The number of methoxy groups -OCH3 is 1. The fourth-order valence-corrected chi connectivity index (χ4v) is 3.89. The molecule has 3 rings (SSSR count). The molecule has 27 heavy (non-hydrogen) atoms. The van der Waals surface area contributed by atoms with Crippen LogP contribution >= 0.6 is 11.3 Å². The maximum absolute atomic E-state index is 13.9. The zero-order chi connectivity index (χ0) is 19.7. The first kappa shape index (κ1) is 19.1. The summed E-state index contributed by atoms with van der Waals surface area (Å²) in [4.78, 5) is 32.0. The first-order valence-electron chi connectivity index (χ1n) is 8.10. The molecular formula is C18H17F2N3O3S. The zero-order valence-corrected chi connectivity index (χ0v) is 15.7. The van der Waals surface area contributed by atoms with Crippen molar-refractivity contribution in [3.05, 3.63) is 62.0 Å². The summed E-state index contributed by atoms with van der Waals surface area (Å²) in [7, 11) is 1.27. The highest BCUT2D eigenvalue weighted by Crippen LogP contribution is 2.27. The lowest BCUT2D eigenvalue weighted by Crippen LogP contribution is -2.22. The van der Waals surface area contributed by atoms with E-state index >= 15 is 0 Å². The van der Waals surface area contributed by atoms with Gasteiger partial charge >= 0.3 is 5.97 Å². The van der Waals surface area contributed by atoms with Gasteiger partial charge in [0.2, 0.25) is 0 Å². The fourth-order valence-electron chi connectivity index (χ4n) is 2.77. The van der Waals surface area contributed by atoms with Crippen LogP contribution in [0.4, 0.5) is 8.78 Å². The number of halogens is 2. The Kier molecular flexibility index (Phi) is 5.33. The van der Waals surface area contributed by atoms with E-state index in [1.165, 1.54) is 19.2 Å². The number of aromatic nitrogens is 2. The standard InChI is InChI=1S/C18H17F2N3O3S/c1-8-14-16(24)22-13(23-17(14)27-15(8)18(25)26-3)7-21-9(2)11-5-4-10(19)6-12(11)20/h4-6,9,21H,7H2,1-3H3,(H,22,23,24)/t9-/m1/s1. The largest absolute Gasteiger partial charge is 0.465 e. The number of nitrogens with zero attached hydrogens (tertiary/aromatic N) is 1. The maximum atomic E-state index is 13.9. The van der Waals surface area contributed by atoms with E-state index in [1.54, 1.807) is 13.8 Å². The lowest BCUT2D eigenvalue weighted by Gasteiger charge is -2.14. The van der Waals surface area contributed by atoms with Gasteiger partial charge in [-0.2, -0.15) is 0 Å². The number of hydrogen-bond acceptors (Lipinski definition) is 6. The Bertz CT molecular complexity index is 1080. The van der Waals surface area contributed by atoms with E-state index in [0.717, 1.165) is 17.4 Å². The van der Waals surface area contributed by atoms with Crippen LogP contribution in [0.25, 0.3) is 10.2 Å². The van der Waals surface area contributed by atoms with Gasteiger partial charge in [-0.15, -0.1) is 11.3 Å². The summed E-state index contributed by atoms with van der Waals surface area (Å²) in [6, 6.07) is 2.95. The molecule has 0 saturated heterocycles. The highest BCUT2D eigenvalue weighted by Gasteiger charge is 2.20. The number of thiophene rings is 1. The van der Waals surface area contributed by atoms with Crippen molar-refractivity contribution in [2.75, 3.05) is 7.11 Å². The lowest BCUT2D eigenvalue weighted by molar-refractivity contribution is 0.0605. The molecule has 0 amide bonds. The Morgan fingerprint density at radius 2 is 2.15 bits per heavy atom. The normalized spacial score (nSPS) is 12.3. The van der Waals surface area contributed by atoms with E-state index in [1.807, 2.05) is 0 Å². The van der Waals surface area contributed by atoms with E-state index in [9.17, 15) is 18.4 Å². The van der Waals surface area contributed by atoms with E-state index in [4.69, 9.17) is 4.74 Å². The average molecular weight is 393 g/mol. The number of ether oxygens (including phenoxy) is 1. The van der Waals surface area contributed by atoms with Crippen LogP contribution in [0.15, 0.2) is 23.0 Å². The lowest BCUT2D eigenvalue weighted by atomic mass is 10.1. The fraction of sp³-hybridized carbons (Fsp3) is 0.278. The van der Waals surface area contributed by atoms with Crippen molar-refractivity contribution < 1.29 is 18.3 Å². The van der Waals surface area contributed by atoms with Gasteiger partial charge in [0, 0.05) is 17.7 Å². The highest BCUT2D eigenvalue weighted by molar-refractivity contribution is 7.20. The Morgan fingerprint density at radius 3 is 2.81 bits per heavy atom. The van der Waals surface area contributed by atoms with Gasteiger partial charge < -0.3 is 15.0 Å². The molecule has 0 spiro atoms. The number of hydrogen-bond donors (Lipinski definition) is 2. The Labute approximate surface area is 157 Å². The van der Waals surface area contributed by atoms with Crippen molar-refractivity contribution in [1.29, 1.82) is 0 Å². The van der Waals surface area contributed by atoms with Crippen LogP contribution in [0, 0.1) is 18.6 Å². The van der Waals surface area contributed by atoms with Crippen LogP contribution in [0.5, 0.6) is 0 Å². The minimum Gasteiger partial charge on any atom is -0.465 e. The number of carbonyl (C=O) groups excluding carboxylic acids is 1. The monoisotopic (exact) mass is 393 g/mol. The molecule has 0 aliphatic heterocycles. The summed E-state index contributed by atoms with van der Waals surface area (Å²) in [5.41, 5.74) is 0.470. The molecule has 0 saturated carbocycles. The number of rotatable bonds is 5. The van der Waals surface area contributed by atoms with Crippen molar-refractivity contribution in [1.82, 2.24) is 15.3 Å². The third kappa shape index (κ3) is 3.74. The third-order valence-corrected chi connectivity index (χ3v) is 5.39. The van der Waals surface area contributed by atoms with E-state index in [2.05, 4.69) is 15.3 Å². The molecule has 0 radical (unpaired) electrons. The predicted molar refractivity (Wildman–Crippen MR) is 97.9 cm³/mol. The predicted octanol–water partition coefficient (Wildman–Crippen LogP) is 3.21. The van der Waals surface area contributed by atoms with Crippen LogP contribution in [-0.2, 0) is 11.3 Å². The highest BCUT2D eigenvalue weighted by atomic mass is 32.1. The van der Waals surface area contributed by atoms with Gasteiger partial charge in [-0.25, -0.2) is 18.6 Å². The Morgan fingerprint density at radius 1 is 1.41 bits per heavy atom. The molecule has 6 nitrogen and oxygen atoms in total. The van der Waals surface area contributed by atoms with Crippen LogP contribution in [0.3, 0.4) is 0 Å². The molecular weight excluding hydrogens is 376 g/mol. The van der Waals surface area contributed by atoms with E-state index in [-0.39, 0.29) is 12.1 Å². The summed E-state index contributed by atoms with van der Waals surface area (Å²) in [5.74, 6) is -1.47. The number of benzene rings is 1. The van der Waals surface area contributed by atoms with Crippen molar-refractivity contribution >= 4 is 27.5 Å². The first-order chi connectivity index (χ1) is 12.8. The third-order valence-electron chi connectivity index (χ3n) is 4.23. The molecule has 0 aliphatic carbocycles.